The number of anilines is 1. The standard InChI is InChI=1S/C23H21BrN2O2/c1-16-9-10-21(11-17(16)2)26-23(27)15-28-22-8-3-5-18(12-22)14-25-20-7-4-6-19(24)13-20/h3-14H,15H2,1-2H3,(H,26,27). The van der Waals surface area contributed by atoms with Crippen molar-refractivity contribution in [3.05, 3.63) is 87.9 Å². The quantitative estimate of drug-likeness (QED) is 0.493. The third-order valence-electron chi connectivity index (χ3n) is 4.19. The van der Waals surface area contributed by atoms with Crippen LogP contribution in [0.4, 0.5) is 11.4 Å². The molecule has 3 aromatic carbocycles. The Hall–Kier alpha value is -2.92. The van der Waals surface area contributed by atoms with Crippen LogP contribution in [0.15, 0.2) is 76.2 Å². The number of rotatable bonds is 6. The van der Waals surface area contributed by atoms with Crippen LogP contribution in [0.5, 0.6) is 5.75 Å². The van der Waals surface area contributed by atoms with E-state index in [1.54, 1.807) is 6.21 Å². The predicted octanol–water partition coefficient (Wildman–Crippen LogP) is 5.83. The summed E-state index contributed by atoms with van der Waals surface area (Å²) in [5, 5.41) is 2.85. The molecule has 0 bridgehead atoms. The average molecular weight is 437 g/mol. The van der Waals surface area contributed by atoms with Crippen molar-refractivity contribution in [2.24, 2.45) is 4.99 Å². The van der Waals surface area contributed by atoms with Gasteiger partial charge in [0.25, 0.3) is 5.91 Å². The van der Waals surface area contributed by atoms with E-state index in [0.29, 0.717) is 5.75 Å². The summed E-state index contributed by atoms with van der Waals surface area (Å²) in [4.78, 5) is 16.6. The Morgan fingerprint density at radius 2 is 1.86 bits per heavy atom. The topological polar surface area (TPSA) is 50.7 Å². The number of nitrogens with one attached hydrogen (secondary N) is 1. The van der Waals surface area contributed by atoms with Gasteiger partial charge in [0.1, 0.15) is 5.75 Å². The summed E-state index contributed by atoms with van der Waals surface area (Å²) in [6.45, 7) is 4.00. The largest absolute Gasteiger partial charge is 0.484 e. The van der Waals surface area contributed by atoms with Crippen LogP contribution in [-0.4, -0.2) is 18.7 Å². The molecule has 0 atom stereocenters. The van der Waals surface area contributed by atoms with Gasteiger partial charge in [0, 0.05) is 16.4 Å². The number of aliphatic imine (C=N–C) groups is 1. The molecule has 0 radical (unpaired) electrons. The van der Waals surface area contributed by atoms with Crippen molar-refractivity contribution in [3.63, 3.8) is 0 Å². The molecule has 28 heavy (non-hydrogen) atoms. The summed E-state index contributed by atoms with van der Waals surface area (Å²) >= 11 is 3.43. The maximum absolute atomic E-state index is 12.1. The first-order chi connectivity index (χ1) is 13.5. The summed E-state index contributed by atoms with van der Waals surface area (Å²) in [6, 6.07) is 21.1. The highest BCUT2D eigenvalue weighted by Crippen LogP contribution is 2.19. The molecule has 142 valence electrons. The molecule has 0 saturated carbocycles. The summed E-state index contributed by atoms with van der Waals surface area (Å²) < 4.78 is 6.61. The number of hydrogen-bond acceptors (Lipinski definition) is 3. The zero-order valence-corrected chi connectivity index (χ0v) is 17.4. The molecule has 1 amide bonds. The van der Waals surface area contributed by atoms with E-state index in [1.807, 2.05) is 80.6 Å². The van der Waals surface area contributed by atoms with E-state index >= 15 is 0 Å². The fourth-order valence-electron chi connectivity index (χ4n) is 2.56. The van der Waals surface area contributed by atoms with Crippen LogP contribution in [0.2, 0.25) is 0 Å². The Bertz CT molecular complexity index is 1010. The lowest BCUT2D eigenvalue weighted by Gasteiger charge is -2.09. The smallest absolute Gasteiger partial charge is 0.262 e. The molecular weight excluding hydrogens is 416 g/mol. The van der Waals surface area contributed by atoms with Gasteiger partial charge >= 0.3 is 0 Å². The van der Waals surface area contributed by atoms with Gasteiger partial charge in [-0.05, 0) is 73.0 Å². The van der Waals surface area contributed by atoms with Gasteiger partial charge in [0.15, 0.2) is 6.61 Å². The molecule has 1 N–H and O–H groups in total. The first kappa shape index (κ1) is 19.8. The lowest BCUT2D eigenvalue weighted by molar-refractivity contribution is -0.118. The van der Waals surface area contributed by atoms with Gasteiger partial charge in [-0.1, -0.05) is 40.2 Å². The zero-order chi connectivity index (χ0) is 19.9. The number of nitrogens with zero attached hydrogens (tertiary/aromatic N) is 1. The summed E-state index contributed by atoms with van der Waals surface area (Å²) in [5.74, 6) is 0.421. The molecule has 0 aliphatic heterocycles. The minimum Gasteiger partial charge on any atom is -0.484 e. The van der Waals surface area contributed by atoms with E-state index < -0.39 is 0 Å². The van der Waals surface area contributed by atoms with Crippen molar-refractivity contribution in [2.45, 2.75) is 13.8 Å². The Kier molecular flexibility index (Phi) is 6.61. The maximum atomic E-state index is 12.1. The zero-order valence-electron chi connectivity index (χ0n) is 15.8. The molecule has 3 rings (SSSR count). The van der Waals surface area contributed by atoms with E-state index in [0.717, 1.165) is 27.0 Å². The lowest BCUT2D eigenvalue weighted by atomic mass is 10.1. The average Bonchev–Trinajstić information content (AvgIpc) is 2.68. The normalized spacial score (nSPS) is 10.8. The Morgan fingerprint density at radius 3 is 2.64 bits per heavy atom. The number of carbonyl (C=O) groups is 1. The van der Waals surface area contributed by atoms with E-state index in [1.165, 1.54) is 5.56 Å². The van der Waals surface area contributed by atoms with Gasteiger partial charge in [-0.3, -0.25) is 9.79 Å². The molecule has 0 fully saturated rings. The predicted molar refractivity (Wildman–Crippen MR) is 118 cm³/mol. The van der Waals surface area contributed by atoms with Crippen LogP contribution in [0, 0.1) is 13.8 Å². The maximum Gasteiger partial charge on any atom is 0.262 e. The van der Waals surface area contributed by atoms with E-state index in [4.69, 9.17) is 4.74 Å². The summed E-state index contributed by atoms with van der Waals surface area (Å²) in [6.07, 6.45) is 1.77. The Labute approximate surface area is 173 Å². The van der Waals surface area contributed by atoms with Crippen LogP contribution in [0.1, 0.15) is 16.7 Å². The molecule has 3 aromatic rings. The molecule has 0 heterocycles. The Balaban J connectivity index is 1.58. The lowest BCUT2D eigenvalue weighted by Crippen LogP contribution is -2.20. The highest BCUT2D eigenvalue weighted by Gasteiger charge is 2.05. The van der Waals surface area contributed by atoms with Crippen molar-refractivity contribution >= 4 is 39.4 Å². The van der Waals surface area contributed by atoms with Crippen LogP contribution < -0.4 is 10.1 Å². The van der Waals surface area contributed by atoms with Gasteiger partial charge < -0.3 is 10.1 Å². The molecule has 5 heteroatoms. The number of carbonyl (C=O) groups excluding carboxylic acids is 1. The summed E-state index contributed by atoms with van der Waals surface area (Å²) in [7, 11) is 0. The van der Waals surface area contributed by atoms with E-state index in [-0.39, 0.29) is 12.5 Å². The van der Waals surface area contributed by atoms with Crippen LogP contribution in [0.3, 0.4) is 0 Å². The minimum absolute atomic E-state index is 0.0564. The van der Waals surface area contributed by atoms with Crippen LogP contribution in [-0.2, 0) is 4.79 Å². The van der Waals surface area contributed by atoms with Crippen LogP contribution >= 0.6 is 15.9 Å². The molecule has 0 unspecified atom stereocenters. The van der Waals surface area contributed by atoms with E-state index in [2.05, 4.69) is 26.2 Å². The monoisotopic (exact) mass is 436 g/mol. The van der Waals surface area contributed by atoms with Crippen molar-refractivity contribution in [1.82, 2.24) is 0 Å². The van der Waals surface area contributed by atoms with Crippen molar-refractivity contribution < 1.29 is 9.53 Å². The number of amides is 1. The van der Waals surface area contributed by atoms with E-state index in [9.17, 15) is 4.79 Å². The molecule has 0 saturated heterocycles. The van der Waals surface area contributed by atoms with Gasteiger partial charge in [0.05, 0.1) is 5.69 Å². The highest BCUT2D eigenvalue weighted by atomic mass is 79.9. The van der Waals surface area contributed by atoms with Gasteiger partial charge in [-0.25, -0.2) is 0 Å². The molecule has 0 spiro atoms. The molecule has 0 aliphatic carbocycles. The van der Waals surface area contributed by atoms with Crippen molar-refractivity contribution in [1.29, 1.82) is 0 Å². The van der Waals surface area contributed by atoms with Gasteiger partial charge in [-0.15, -0.1) is 0 Å². The Morgan fingerprint density at radius 1 is 1.04 bits per heavy atom. The third kappa shape index (κ3) is 5.79. The van der Waals surface area contributed by atoms with Crippen LogP contribution in [0.25, 0.3) is 0 Å². The SMILES string of the molecule is Cc1ccc(NC(=O)COc2cccc(C=Nc3cccc(Br)c3)c2)cc1C. The molecule has 0 aliphatic rings. The van der Waals surface area contributed by atoms with Crippen molar-refractivity contribution in [2.75, 3.05) is 11.9 Å². The van der Waals surface area contributed by atoms with Gasteiger partial charge in [-0.2, -0.15) is 0 Å². The fraction of sp³-hybridized carbons (Fsp3) is 0.130. The van der Waals surface area contributed by atoms with Crippen molar-refractivity contribution in [3.8, 4) is 5.75 Å². The summed E-state index contributed by atoms with van der Waals surface area (Å²) in [5.41, 5.74) is 4.85. The second kappa shape index (κ2) is 9.33. The highest BCUT2D eigenvalue weighted by molar-refractivity contribution is 9.10. The molecule has 4 nitrogen and oxygen atoms in total. The number of ether oxygens (including phenoxy) is 1. The second-order valence-electron chi connectivity index (χ2n) is 6.45. The molecule has 0 aromatic heterocycles. The third-order valence-corrected chi connectivity index (χ3v) is 4.68. The number of hydrogen-bond donors (Lipinski definition) is 1. The molecular formula is C23H21BrN2O2. The van der Waals surface area contributed by atoms with Gasteiger partial charge in [0.2, 0.25) is 0 Å². The first-order valence-corrected chi connectivity index (χ1v) is 9.68. The number of halogens is 1. The number of benzene rings is 3. The fourth-order valence-corrected chi connectivity index (χ4v) is 2.94. The minimum atomic E-state index is -0.198. The first-order valence-electron chi connectivity index (χ1n) is 8.89. The second-order valence-corrected chi connectivity index (χ2v) is 7.36. The number of aryl methyl sites for hydroxylation is 2.